The second kappa shape index (κ2) is 6.25. The molecule has 21 heavy (non-hydrogen) atoms. The Bertz CT molecular complexity index is 365. The summed E-state index contributed by atoms with van der Waals surface area (Å²) < 4.78 is 0. The molecule has 3 fully saturated rings. The van der Waals surface area contributed by atoms with Crippen LogP contribution in [0.3, 0.4) is 0 Å². The number of nitrogens with zero attached hydrogens (tertiary/aromatic N) is 1. The van der Waals surface area contributed by atoms with Crippen molar-refractivity contribution in [1.82, 2.24) is 10.2 Å². The van der Waals surface area contributed by atoms with Crippen molar-refractivity contribution < 1.29 is 9.90 Å². The zero-order valence-corrected chi connectivity index (χ0v) is 13.3. The smallest absolute Gasteiger partial charge is 0.317 e. The highest BCUT2D eigenvalue weighted by Crippen LogP contribution is 2.52. The van der Waals surface area contributed by atoms with Crippen molar-refractivity contribution in [3.05, 3.63) is 0 Å². The maximum absolute atomic E-state index is 10.8. The summed E-state index contributed by atoms with van der Waals surface area (Å²) >= 11 is 0. The van der Waals surface area contributed by atoms with Crippen LogP contribution in [-0.2, 0) is 4.79 Å². The number of carboxylic acid groups (broad SMARTS) is 1. The van der Waals surface area contributed by atoms with E-state index >= 15 is 0 Å². The van der Waals surface area contributed by atoms with Crippen LogP contribution in [0.4, 0.5) is 0 Å². The van der Waals surface area contributed by atoms with Crippen molar-refractivity contribution >= 4 is 5.97 Å². The first-order valence-corrected chi connectivity index (χ1v) is 8.82. The molecule has 0 aromatic rings. The first-order valence-electron chi connectivity index (χ1n) is 8.82. The number of nitrogens with one attached hydrogen (secondary N) is 1. The Kier molecular flexibility index (Phi) is 4.55. The zero-order chi connectivity index (χ0) is 14.9. The molecule has 120 valence electrons. The predicted molar refractivity (Wildman–Crippen MR) is 83.4 cm³/mol. The monoisotopic (exact) mass is 294 g/mol. The summed E-state index contributed by atoms with van der Waals surface area (Å²) in [5, 5.41) is 12.7. The molecule has 0 saturated heterocycles. The Hall–Kier alpha value is -0.610. The number of carboxylic acids is 1. The van der Waals surface area contributed by atoms with Crippen molar-refractivity contribution in [1.29, 1.82) is 0 Å². The molecular formula is C17H30N2O2. The number of hydrogen-bond donors (Lipinski definition) is 2. The van der Waals surface area contributed by atoms with Crippen LogP contribution in [-0.4, -0.2) is 47.2 Å². The van der Waals surface area contributed by atoms with E-state index in [1.54, 1.807) is 0 Å². The fourth-order valence-electron chi connectivity index (χ4n) is 4.84. The summed E-state index contributed by atoms with van der Waals surface area (Å²) in [6.07, 6.45) is 12.3. The third-order valence-corrected chi connectivity index (χ3v) is 6.12. The quantitative estimate of drug-likeness (QED) is 0.791. The van der Waals surface area contributed by atoms with Gasteiger partial charge in [0, 0.05) is 18.1 Å². The molecular weight excluding hydrogens is 264 g/mol. The van der Waals surface area contributed by atoms with Gasteiger partial charge in [0.25, 0.3) is 0 Å². The molecule has 3 aliphatic carbocycles. The van der Waals surface area contributed by atoms with Gasteiger partial charge in [0.05, 0.1) is 6.54 Å². The molecule has 4 nitrogen and oxygen atoms in total. The third kappa shape index (κ3) is 3.42. The molecule has 0 aromatic carbocycles. The summed E-state index contributed by atoms with van der Waals surface area (Å²) in [7, 11) is 0. The summed E-state index contributed by atoms with van der Waals surface area (Å²) in [5.74, 6) is -0.702. The Morgan fingerprint density at radius 3 is 2.43 bits per heavy atom. The molecule has 4 heteroatoms. The lowest BCUT2D eigenvalue weighted by Crippen LogP contribution is -2.59. The first kappa shape index (κ1) is 15.3. The Morgan fingerprint density at radius 1 is 1.19 bits per heavy atom. The van der Waals surface area contributed by atoms with Gasteiger partial charge in [-0.1, -0.05) is 26.2 Å². The molecule has 0 aliphatic heterocycles. The minimum atomic E-state index is -0.702. The summed E-state index contributed by atoms with van der Waals surface area (Å²) in [6.45, 7) is 3.10. The van der Waals surface area contributed by atoms with E-state index in [9.17, 15) is 4.79 Å². The zero-order valence-electron chi connectivity index (χ0n) is 13.3. The summed E-state index contributed by atoms with van der Waals surface area (Å²) in [4.78, 5) is 12.9. The van der Waals surface area contributed by atoms with Gasteiger partial charge in [-0.15, -0.1) is 0 Å². The van der Waals surface area contributed by atoms with Crippen molar-refractivity contribution in [2.24, 2.45) is 5.41 Å². The number of carbonyl (C=O) groups is 1. The highest BCUT2D eigenvalue weighted by atomic mass is 16.4. The van der Waals surface area contributed by atoms with Crippen molar-refractivity contribution in [3.63, 3.8) is 0 Å². The van der Waals surface area contributed by atoms with Gasteiger partial charge in [0.2, 0.25) is 0 Å². The number of hydrogen-bond acceptors (Lipinski definition) is 3. The van der Waals surface area contributed by atoms with Gasteiger partial charge in [-0.05, 0) is 50.5 Å². The molecule has 3 rings (SSSR count). The predicted octanol–water partition coefficient (Wildman–Crippen LogP) is 2.63. The Balaban J connectivity index is 1.35. The van der Waals surface area contributed by atoms with Crippen LogP contribution in [0.5, 0.6) is 0 Å². The van der Waals surface area contributed by atoms with Crippen molar-refractivity contribution in [3.8, 4) is 0 Å². The number of likely N-dealkylation sites (N-methyl/N-ethyl adjacent to an activating group) is 1. The number of aliphatic carboxylic acids is 1. The normalized spacial score (nSPS) is 31.9. The Labute approximate surface area is 128 Å². The van der Waals surface area contributed by atoms with Crippen LogP contribution in [0.2, 0.25) is 0 Å². The van der Waals surface area contributed by atoms with E-state index in [4.69, 9.17) is 5.11 Å². The van der Waals surface area contributed by atoms with Gasteiger partial charge < -0.3 is 10.4 Å². The minimum absolute atomic E-state index is 0.195. The fourth-order valence-corrected chi connectivity index (χ4v) is 4.84. The topological polar surface area (TPSA) is 52.6 Å². The molecule has 0 unspecified atom stereocenters. The lowest BCUT2D eigenvalue weighted by molar-refractivity contribution is -0.139. The van der Waals surface area contributed by atoms with Crippen LogP contribution in [0.25, 0.3) is 0 Å². The minimum Gasteiger partial charge on any atom is -0.480 e. The van der Waals surface area contributed by atoms with E-state index in [-0.39, 0.29) is 6.54 Å². The van der Waals surface area contributed by atoms with E-state index in [0.29, 0.717) is 17.5 Å². The van der Waals surface area contributed by atoms with E-state index in [1.807, 2.05) is 0 Å². The average molecular weight is 294 g/mol. The molecule has 0 radical (unpaired) electrons. The van der Waals surface area contributed by atoms with E-state index in [2.05, 4.69) is 17.1 Å². The van der Waals surface area contributed by atoms with Gasteiger partial charge in [-0.2, -0.15) is 0 Å². The molecule has 3 saturated carbocycles. The average Bonchev–Trinajstić information content (AvgIpc) is 2.39. The van der Waals surface area contributed by atoms with Gasteiger partial charge in [0.15, 0.2) is 0 Å². The second-order valence-corrected chi connectivity index (χ2v) is 7.61. The molecule has 2 N–H and O–H groups in total. The molecule has 0 heterocycles. The van der Waals surface area contributed by atoms with Crippen LogP contribution in [0.15, 0.2) is 0 Å². The number of rotatable bonds is 6. The van der Waals surface area contributed by atoms with Gasteiger partial charge in [-0.3, -0.25) is 9.69 Å². The van der Waals surface area contributed by atoms with Gasteiger partial charge >= 0.3 is 5.97 Å². The lowest BCUT2D eigenvalue weighted by Gasteiger charge is -2.53. The molecule has 0 atom stereocenters. The molecule has 1 spiro atoms. The molecule has 0 aromatic heterocycles. The van der Waals surface area contributed by atoms with E-state index < -0.39 is 5.97 Å². The highest BCUT2D eigenvalue weighted by Gasteiger charge is 2.46. The Morgan fingerprint density at radius 2 is 1.86 bits per heavy atom. The standard InChI is InChI=1S/C17H30N2O2/c1-2-19(12-16(20)21)15-8-13(9-15)18-14-10-17(11-14)6-4-3-5-7-17/h13-15,18H,2-12H2,1H3,(H,20,21). The first-order chi connectivity index (χ1) is 10.1. The van der Waals surface area contributed by atoms with Gasteiger partial charge in [0.1, 0.15) is 0 Å². The molecule has 0 amide bonds. The van der Waals surface area contributed by atoms with Crippen LogP contribution >= 0.6 is 0 Å². The molecule has 0 bridgehead atoms. The van der Waals surface area contributed by atoms with Gasteiger partial charge in [-0.25, -0.2) is 0 Å². The molecule has 3 aliphatic rings. The largest absolute Gasteiger partial charge is 0.480 e. The highest BCUT2D eigenvalue weighted by molar-refractivity contribution is 5.69. The van der Waals surface area contributed by atoms with Crippen molar-refractivity contribution in [2.75, 3.05) is 13.1 Å². The maximum atomic E-state index is 10.8. The van der Waals surface area contributed by atoms with Crippen LogP contribution < -0.4 is 5.32 Å². The van der Waals surface area contributed by atoms with Crippen LogP contribution in [0, 0.1) is 5.41 Å². The summed E-state index contributed by atoms with van der Waals surface area (Å²) in [6, 6.07) is 1.85. The lowest BCUT2D eigenvalue weighted by atomic mass is 9.58. The third-order valence-electron chi connectivity index (χ3n) is 6.12. The van der Waals surface area contributed by atoms with Crippen LogP contribution in [0.1, 0.15) is 64.7 Å². The summed E-state index contributed by atoms with van der Waals surface area (Å²) in [5.41, 5.74) is 0.706. The fraction of sp³-hybridized carbons (Fsp3) is 0.941. The van der Waals surface area contributed by atoms with E-state index in [1.165, 1.54) is 44.9 Å². The second-order valence-electron chi connectivity index (χ2n) is 7.61. The van der Waals surface area contributed by atoms with E-state index in [0.717, 1.165) is 25.4 Å². The SMILES string of the molecule is CCN(CC(=O)O)C1CC(NC2CC3(CCCCC3)C2)C1. The van der Waals surface area contributed by atoms with Crippen molar-refractivity contribution in [2.45, 2.75) is 82.8 Å². The maximum Gasteiger partial charge on any atom is 0.317 e.